The fourth-order valence-electron chi connectivity index (χ4n) is 5.22. The van der Waals surface area contributed by atoms with Gasteiger partial charge in [0, 0.05) is 25.6 Å². The maximum Gasteiger partial charge on any atom is 0.231 e. The SMILES string of the molecule is COc1ccc(CNC(=O)C2(c3ccccc3)CCN(C(=O)C3CCCCC3)CC2)cc1. The summed E-state index contributed by atoms with van der Waals surface area (Å²) in [5.74, 6) is 1.32. The fraction of sp³-hybridized carbons (Fsp3) is 0.481. The highest BCUT2D eigenvalue weighted by Gasteiger charge is 2.44. The van der Waals surface area contributed by atoms with Crippen LogP contribution in [0.2, 0.25) is 0 Å². The van der Waals surface area contributed by atoms with Crippen LogP contribution in [-0.2, 0) is 21.5 Å². The summed E-state index contributed by atoms with van der Waals surface area (Å²) in [5.41, 5.74) is 1.47. The lowest BCUT2D eigenvalue weighted by Crippen LogP contribution is -2.53. The van der Waals surface area contributed by atoms with Crippen LogP contribution in [0, 0.1) is 5.92 Å². The third kappa shape index (κ3) is 4.82. The number of methoxy groups -OCH3 is 1. The zero-order chi connectivity index (χ0) is 22.4. The standard InChI is InChI=1S/C27H34N2O3/c1-32-24-14-12-21(13-15-24)20-28-26(31)27(23-10-6-3-7-11-23)16-18-29(19-17-27)25(30)22-8-4-2-5-9-22/h3,6-7,10-15,22H,2,4-5,8-9,16-20H2,1H3,(H,28,31). The molecule has 0 bridgehead atoms. The van der Waals surface area contributed by atoms with Crippen LogP contribution in [0.4, 0.5) is 0 Å². The number of carbonyl (C=O) groups is 2. The van der Waals surface area contributed by atoms with E-state index in [4.69, 9.17) is 4.74 Å². The van der Waals surface area contributed by atoms with Crippen LogP contribution in [0.3, 0.4) is 0 Å². The molecule has 1 aliphatic carbocycles. The summed E-state index contributed by atoms with van der Waals surface area (Å²) in [4.78, 5) is 28.6. The van der Waals surface area contributed by atoms with E-state index in [0.717, 1.165) is 42.6 Å². The molecule has 1 N–H and O–H groups in total. The van der Waals surface area contributed by atoms with Crippen LogP contribution < -0.4 is 10.1 Å². The molecule has 0 unspecified atom stereocenters. The molecule has 5 heteroatoms. The van der Waals surface area contributed by atoms with E-state index in [1.165, 1.54) is 6.42 Å². The highest BCUT2D eigenvalue weighted by Crippen LogP contribution is 2.37. The largest absolute Gasteiger partial charge is 0.497 e. The number of piperidine rings is 1. The smallest absolute Gasteiger partial charge is 0.231 e. The van der Waals surface area contributed by atoms with E-state index in [-0.39, 0.29) is 11.8 Å². The van der Waals surface area contributed by atoms with E-state index >= 15 is 0 Å². The molecule has 2 amide bonds. The Labute approximate surface area is 191 Å². The number of hydrogen-bond acceptors (Lipinski definition) is 3. The van der Waals surface area contributed by atoms with Gasteiger partial charge in [0.25, 0.3) is 0 Å². The maximum atomic E-state index is 13.6. The van der Waals surface area contributed by atoms with Gasteiger partial charge in [-0.2, -0.15) is 0 Å². The molecule has 2 fully saturated rings. The monoisotopic (exact) mass is 434 g/mol. The lowest BCUT2D eigenvalue weighted by Gasteiger charge is -2.42. The molecule has 0 aromatic heterocycles. The van der Waals surface area contributed by atoms with Gasteiger partial charge in [0.05, 0.1) is 12.5 Å². The Balaban J connectivity index is 1.46. The second-order valence-corrected chi connectivity index (χ2v) is 9.14. The summed E-state index contributed by atoms with van der Waals surface area (Å²) < 4.78 is 5.22. The van der Waals surface area contributed by atoms with Crippen molar-refractivity contribution < 1.29 is 14.3 Å². The molecular weight excluding hydrogens is 400 g/mol. The Bertz CT molecular complexity index is 896. The van der Waals surface area contributed by atoms with Crippen molar-refractivity contribution in [3.63, 3.8) is 0 Å². The third-order valence-corrected chi connectivity index (χ3v) is 7.26. The fourth-order valence-corrected chi connectivity index (χ4v) is 5.22. The van der Waals surface area contributed by atoms with Gasteiger partial charge in [-0.1, -0.05) is 61.7 Å². The zero-order valence-electron chi connectivity index (χ0n) is 19.0. The lowest BCUT2D eigenvalue weighted by molar-refractivity contribution is -0.141. The first-order valence-electron chi connectivity index (χ1n) is 11.9. The number of hydrogen-bond donors (Lipinski definition) is 1. The minimum atomic E-state index is -0.600. The molecule has 2 aromatic rings. The van der Waals surface area contributed by atoms with Crippen molar-refractivity contribution in [1.82, 2.24) is 10.2 Å². The number of nitrogens with one attached hydrogen (secondary N) is 1. The first-order chi connectivity index (χ1) is 15.6. The van der Waals surface area contributed by atoms with E-state index in [9.17, 15) is 9.59 Å². The summed E-state index contributed by atoms with van der Waals surface area (Å²) in [6.45, 7) is 1.75. The van der Waals surface area contributed by atoms with Crippen molar-refractivity contribution in [3.8, 4) is 5.75 Å². The Morgan fingerprint density at radius 3 is 2.25 bits per heavy atom. The number of nitrogens with zero attached hydrogens (tertiary/aromatic N) is 1. The molecule has 1 saturated heterocycles. The van der Waals surface area contributed by atoms with Gasteiger partial charge in [0.2, 0.25) is 11.8 Å². The summed E-state index contributed by atoms with van der Waals surface area (Å²) >= 11 is 0. The first kappa shape index (κ1) is 22.4. The van der Waals surface area contributed by atoms with E-state index in [1.807, 2.05) is 59.5 Å². The molecule has 2 aliphatic rings. The van der Waals surface area contributed by atoms with Gasteiger partial charge < -0.3 is 15.0 Å². The van der Waals surface area contributed by atoms with Crippen molar-refractivity contribution in [2.24, 2.45) is 5.92 Å². The number of rotatable bonds is 6. The average Bonchev–Trinajstić information content (AvgIpc) is 2.88. The Morgan fingerprint density at radius 2 is 1.62 bits per heavy atom. The normalized spacial score (nSPS) is 18.7. The van der Waals surface area contributed by atoms with Crippen LogP contribution in [0.15, 0.2) is 54.6 Å². The Kier molecular flexibility index (Phi) is 7.13. The van der Waals surface area contributed by atoms with Gasteiger partial charge in [0.15, 0.2) is 0 Å². The van der Waals surface area contributed by atoms with Crippen molar-refractivity contribution in [3.05, 3.63) is 65.7 Å². The van der Waals surface area contributed by atoms with Gasteiger partial charge in [-0.3, -0.25) is 9.59 Å². The molecule has 0 radical (unpaired) electrons. The first-order valence-corrected chi connectivity index (χ1v) is 11.9. The number of amides is 2. The lowest BCUT2D eigenvalue weighted by atomic mass is 9.71. The molecule has 1 saturated carbocycles. The van der Waals surface area contributed by atoms with E-state index in [0.29, 0.717) is 38.4 Å². The molecule has 1 heterocycles. The second-order valence-electron chi connectivity index (χ2n) is 9.14. The van der Waals surface area contributed by atoms with Crippen LogP contribution in [-0.4, -0.2) is 36.9 Å². The van der Waals surface area contributed by atoms with Crippen LogP contribution >= 0.6 is 0 Å². The van der Waals surface area contributed by atoms with Gasteiger partial charge in [0.1, 0.15) is 5.75 Å². The topological polar surface area (TPSA) is 58.6 Å². The summed E-state index contributed by atoms with van der Waals surface area (Å²) in [6, 6.07) is 17.8. The molecule has 32 heavy (non-hydrogen) atoms. The third-order valence-electron chi connectivity index (χ3n) is 7.26. The molecule has 1 aliphatic heterocycles. The Morgan fingerprint density at radius 1 is 0.969 bits per heavy atom. The molecule has 170 valence electrons. The van der Waals surface area contributed by atoms with E-state index in [2.05, 4.69) is 5.32 Å². The van der Waals surface area contributed by atoms with Crippen molar-refractivity contribution in [2.75, 3.05) is 20.2 Å². The number of carbonyl (C=O) groups excluding carboxylic acids is 2. The summed E-state index contributed by atoms with van der Waals surface area (Å²) in [6.07, 6.45) is 6.91. The average molecular weight is 435 g/mol. The van der Waals surface area contributed by atoms with Crippen LogP contribution in [0.25, 0.3) is 0 Å². The zero-order valence-corrected chi connectivity index (χ0v) is 19.0. The Hall–Kier alpha value is -2.82. The second kappa shape index (κ2) is 10.2. The van der Waals surface area contributed by atoms with Gasteiger partial charge in [-0.15, -0.1) is 0 Å². The molecule has 2 aromatic carbocycles. The predicted octanol–water partition coefficient (Wildman–Crippen LogP) is 4.45. The quantitative estimate of drug-likeness (QED) is 0.731. The minimum Gasteiger partial charge on any atom is -0.497 e. The van der Waals surface area contributed by atoms with E-state index < -0.39 is 5.41 Å². The maximum absolute atomic E-state index is 13.6. The van der Waals surface area contributed by atoms with Crippen LogP contribution in [0.1, 0.15) is 56.1 Å². The molecular formula is C27H34N2O3. The summed E-state index contributed by atoms with van der Waals surface area (Å²) in [7, 11) is 1.64. The van der Waals surface area contributed by atoms with Crippen molar-refractivity contribution in [1.29, 1.82) is 0 Å². The van der Waals surface area contributed by atoms with Crippen molar-refractivity contribution >= 4 is 11.8 Å². The number of ether oxygens (including phenoxy) is 1. The predicted molar refractivity (Wildman–Crippen MR) is 125 cm³/mol. The number of benzene rings is 2. The molecule has 0 spiro atoms. The minimum absolute atomic E-state index is 0.0456. The van der Waals surface area contributed by atoms with Crippen molar-refractivity contribution in [2.45, 2.75) is 56.9 Å². The van der Waals surface area contributed by atoms with Gasteiger partial charge >= 0.3 is 0 Å². The summed E-state index contributed by atoms with van der Waals surface area (Å²) in [5, 5.41) is 3.17. The highest BCUT2D eigenvalue weighted by atomic mass is 16.5. The highest BCUT2D eigenvalue weighted by molar-refractivity contribution is 5.89. The van der Waals surface area contributed by atoms with E-state index in [1.54, 1.807) is 7.11 Å². The molecule has 0 atom stereocenters. The number of likely N-dealkylation sites (tertiary alicyclic amines) is 1. The van der Waals surface area contributed by atoms with Gasteiger partial charge in [-0.25, -0.2) is 0 Å². The van der Waals surface area contributed by atoms with Crippen LogP contribution in [0.5, 0.6) is 5.75 Å². The molecule has 5 nitrogen and oxygen atoms in total. The molecule has 4 rings (SSSR count). The van der Waals surface area contributed by atoms with Gasteiger partial charge in [-0.05, 0) is 48.9 Å².